The van der Waals surface area contributed by atoms with E-state index in [9.17, 15) is 9.59 Å². The van der Waals surface area contributed by atoms with Crippen molar-refractivity contribution in [1.82, 2.24) is 5.32 Å². The SMILES string of the molecule is CCC(Oc1ccc(C)cc1)C(=O)Nc1cccc(C(=O)NC2CCCCC2)c1. The molecule has 1 atom stereocenters. The van der Waals surface area contributed by atoms with E-state index in [1.807, 2.05) is 38.1 Å². The molecule has 1 aliphatic carbocycles. The van der Waals surface area contributed by atoms with Crippen molar-refractivity contribution in [2.24, 2.45) is 0 Å². The van der Waals surface area contributed by atoms with E-state index in [4.69, 9.17) is 4.74 Å². The second kappa shape index (κ2) is 10.1. The minimum atomic E-state index is -0.600. The van der Waals surface area contributed by atoms with E-state index < -0.39 is 6.10 Å². The summed E-state index contributed by atoms with van der Waals surface area (Å²) in [6.07, 6.45) is 5.60. The monoisotopic (exact) mass is 394 g/mol. The lowest BCUT2D eigenvalue weighted by Gasteiger charge is -2.23. The number of anilines is 1. The summed E-state index contributed by atoms with van der Waals surface area (Å²) in [5.41, 5.74) is 2.29. The lowest BCUT2D eigenvalue weighted by Crippen LogP contribution is -2.36. The van der Waals surface area contributed by atoms with E-state index in [1.54, 1.807) is 24.3 Å². The first-order chi connectivity index (χ1) is 14.0. The molecule has 1 saturated carbocycles. The van der Waals surface area contributed by atoms with E-state index >= 15 is 0 Å². The van der Waals surface area contributed by atoms with Crippen LogP contribution >= 0.6 is 0 Å². The highest BCUT2D eigenvalue weighted by molar-refractivity contribution is 5.98. The molecule has 0 heterocycles. The van der Waals surface area contributed by atoms with Crippen LogP contribution in [0.2, 0.25) is 0 Å². The Morgan fingerprint density at radius 1 is 1.07 bits per heavy atom. The summed E-state index contributed by atoms with van der Waals surface area (Å²) in [6, 6.07) is 14.9. The molecule has 2 aromatic carbocycles. The number of hydrogen-bond donors (Lipinski definition) is 2. The Morgan fingerprint density at radius 3 is 2.48 bits per heavy atom. The van der Waals surface area contributed by atoms with Gasteiger partial charge in [0.05, 0.1) is 0 Å². The van der Waals surface area contributed by atoms with Gasteiger partial charge in [0, 0.05) is 17.3 Å². The quantitative estimate of drug-likeness (QED) is 0.705. The van der Waals surface area contributed by atoms with Gasteiger partial charge in [-0.1, -0.05) is 49.9 Å². The van der Waals surface area contributed by atoms with Crippen molar-refractivity contribution in [3.05, 3.63) is 59.7 Å². The lowest BCUT2D eigenvalue weighted by atomic mass is 9.95. The van der Waals surface area contributed by atoms with Gasteiger partial charge < -0.3 is 15.4 Å². The molecule has 1 fully saturated rings. The largest absolute Gasteiger partial charge is 0.481 e. The second-order valence-electron chi connectivity index (χ2n) is 7.71. The van der Waals surface area contributed by atoms with Crippen molar-refractivity contribution in [2.75, 3.05) is 5.32 Å². The van der Waals surface area contributed by atoms with Crippen molar-refractivity contribution in [3.8, 4) is 5.75 Å². The van der Waals surface area contributed by atoms with Gasteiger partial charge in [-0.05, 0) is 56.5 Å². The Hall–Kier alpha value is -2.82. The molecule has 2 N–H and O–H groups in total. The minimum Gasteiger partial charge on any atom is -0.481 e. The van der Waals surface area contributed by atoms with Gasteiger partial charge in [0.25, 0.3) is 11.8 Å². The Bertz CT molecular complexity index is 826. The van der Waals surface area contributed by atoms with E-state index in [-0.39, 0.29) is 17.9 Å². The molecule has 5 nitrogen and oxygen atoms in total. The predicted molar refractivity (Wildman–Crippen MR) is 115 cm³/mol. The van der Waals surface area contributed by atoms with E-state index in [0.29, 0.717) is 23.4 Å². The van der Waals surface area contributed by atoms with Crippen LogP contribution in [-0.2, 0) is 4.79 Å². The Balaban J connectivity index is 1.61. The Kier molecular flexibility index (Phi) is 7.28. The first-order valence-electron chi connectivity index (χ1n) is 10.5. The minimum absolute atomic E-state index is 0.0871. The van der Waals surface area contributed by atoms with Crippen LogP contribution in [0.4, 0.5) is 5.69 Å². The molecule has 2 amide bonds. The molecule has 0 aliphatic heterocycles. The fourth-order valence-corrected chi connectivity index (χ4v) is 3.58. The Morgan fingerprint density at radius 2 is 1.79 bits per heavy atom. The molecule has 0 bridgehead atoms. The number of ether oxygens (including phenoxy) is 1. The first-order valence-corrected chi connectivity index (χ1v) is 10.5. The molecule has 1 unspecified atom stereocenters. The maximum atomic E-state index is 12.7. The van der Waals surface area contributed by atoms with Crippen LogP contribution in [0.3, 0.4) is 0 Å². The molecule has 3 rings (SSSR count). The molecule has 1 aliphatic rings. The predicted octanol–water partition coefficient (Wildman–Crippen LogP) is 4.85. The maximum absolute atomic E-state index is 12.7. The van der Waals surface area contributed by atoms with Crippen molar-refractivity contribution in [2.45, 2.75) is 64.5 Å². The molecule has 5 heteroatoms. The molecule has 0 radical (unpaired) electrons. The van der Waals surface area contributed by atoms with Gasteiger partial charge >= 0.3 is 0 Å². The third-order valence-corrected chi connectivity index (χ3v) is 5.30. The van der Waals surface area contributed by atoms with Gasteiger partial charge in [-0.15, -0.1) is 0 Å². The molecular weight excluding hydrogens is 364 g/mol. The van der Waals surface area contributed by atoms with Crippen LogP contribution in [-0.4, -0.2) is 24.0 Å². The van der Waals surface area contributed by atoms with Crippen LogP contribution < -0.4 is 15.4 Å². The summed E-state index contributed by atoms with van der Waals surface area (Å²) in [7, 11) is 0. The third kappa shape index (κ3) is 6.08. The smallest absolute Gasteiger partial charge is 0.265 e. The highest BCUT2D eigenvalue weighted by atomic mass is 16.5. The van der Waals surface area contributed by atoms with E-state index in [0.717, 1.165) is 18.4 Å². The molecule has 29 heavy (non-hydrogen) atoms. The van der Waals surface area contributed by atoms with Gasteiger partial charge in [-0.3, -0.25) is 9.59 Å². The molecule has 0 saturated heterocycles. The number of aryl methyl sites for hydroxylation is 1. The highest BCUT2D eigenvalue weighted by Crippen LogP contribution is 2.19. The average Bonchev–Trinajstić information content (AvgIpc) is 2.74. The lowest BCUT2D eigenvalue weighted by molar-refractivity contribution is -0.122. The van der Waals surface area contributed by atoms with Gasteiger partial charge in [-0.25, -0.2) is 0 Å². The summed E-state index contributed by atoms with van der Waals surface area (Å²) in [5, 5.41) is 5.99. The van der Waals surface area contributed by atoms with Gasteiger partial charge in [-0.2, -0.15) is 0 Å². The summed E-state index contributed by atoms with van der Waals surface area (Å²) in [4.78, 5) is 25.2. The summed E-state index contributed by atoms with van der Waals surface area (Å²) < 4.78 is 5.84. The van der Waals surface area contributed by atoms with Crippen molar-refractivity contribution in [1.29, 1.82) is 0 Å². The van der Waals surface area contributed by atoms with Crippen LogP contribution in [0.5, 0.6) is 5.75 Å². The normalized spacial score (nSPS) is 15.4. The fraction of sp³-hybridized carbons (Fsp3) is 0.417. The number of rotatable bonds is 7. The summed E-state index contributed by atoms with van der Waals surface area (Å²) >= 11 is 0. The van der Waals surface area contributed by atoms with Crippen LogP contribution in [0.15, 0.2) is 48.5 Å². The topological polar surface area (TPSA) is 67.4 Å². The number of benzene rings is 2. The molecule has 0 spiro atoms. The van der Waals surface area contributed by atoms with Gasteiger partial charge in [0.15, 0.2) is 6.10 Å². The van der Waals surface area contributed by atoms with Gasteiger partial charge in [0.1, 0.15) is 5.75 Å². The number of nitrogens with one attached hydrogen (secondary N) is 2. The zero-order valence-corrected chi connectivity index (χ0v) is 17.2. The van der Waals surface area contributed by atoms with Crippen molar-refractivity contribution >= 4 is 17.5 Å². The van der Waals surface area contributed by atoms with E-state index in [1.165, 1.54) is 19.3 Å². The number of carbonyl (C=O) groups excluding carboxylic acids is 2. The van der Waals surface area contributed by atoms with Gasteiger partial charge in [0.2, 0.25) is 0 Å². The maximum Gasteiger partial charge on any atom is 0.265 e. The number of hydrogen-bond acceptors (Lipinski definition) is 3. The number of carbonyl (C=O) groups is 2. The zero-order valence-electron chi connectivity index (χ0n) is 17.2. The molecule has 154 valence electrons. The van der Waals surface area contributed by atoms with Crippen molar-refractivity contribution < 1.29 is 14.3 Å². The van der Waals surface area contributed by atoms with Crippen molar-refractivity contribution in [3.63, 3.8) is 0 Å². The first kappa shape index (κ1) is 20.9. The van der Waals surface area contributed by atoms with Crippen LogP contribution in [0.1, 0.15) is 61.4 Å². The second-order valence-corrected chi connectivity index (χ2v) is 7.71. The molecule has 0 aromatic heterocycles. The van der Waals surface area contributed by atoms with Crippen LogP contribution in [0.25, 0.3) is 0 Å². The summed E-state index contributed by atoms with van der Waals surface area (Å²) in [5.74, 6) is 0.354. The van der Waals surface area contributed by atoms with E-state index in [2.05, 4.69) is 10.6 Å². The summed E-state index contributed by atoms with van der Waals surface area (Å²) in [6.45, 7) is 3.91. The fourth-order valence-electron chi connectivity index (χ4n) is 3.58. The van der Waals surface area contributed by atoms with Crippen LogP contribution in [0, 0.1) is 6.92 Å². The third-order valence-electron chi connectivity index (χ3n) is 5.30. The standard InChI is InChI=1S/C24H30N2O3/c1-3-22(29-21-14-12-17(2)13-15-21)24(28)26-20-11-7-8-18(16-20)23(27)25-19-9-5-4-6-10-19/h7-8,11-16,19,22H,3-6,9-10H2,1-2H3,(H,25,27)(H,26,28). The number of amides is 2. The Labute approximate surface area is 172 Å². The molecular formula is C24H30N2O3. The highest BCUT2D eigenvalue weighted by Gasteiger charge is 2.20. The molecule has 2 aromatic rings. The zero-order chi connectivity index (χ0) is 20.6. The average molecular weight is 395 g/mol.